The summed E-state index contributed by atoms with van der Waals surface area (Å²) in [6, 6.07) is 19.9. The number of morpholine rings is 1. The molecule has 0 radical (unpaired) electrons. The molecule has 2 heterocycles. The third kappa shape index (κ3) is 4.85. The van der Waals surface area contributed by atoms with Gasteiger partial charge in [-0.1, -0.05) is 42.5 Å². The van der Waals surface area contributed by atoms with Crippen LogP contribution in [0, 0.1) is 0 Å². The Hall–Kier alpha value is -2.67. The molecule has 0 unspecified atom stereocenters. The van der Waals surface area contributed by atoms with E-state index in [1.165, 1.54) is 16.9 Å². The highest BCUT2D eigenvalue weighted by molar-refractivity contribution is 7.17. The predicted molar refractivity (Wildman–Crippen MR) is 117 cm³/mol. The number of ether oxygens (including phenoxy) is 2. The van der Waals surface area contributed by atoms with Crippen LogP contribution in [0.5, 0.6) is 5.75 Å². The highest BCUT2D eigenvalue weighted by Crippen LogP contribution is 2.36. The second-order valence-electron chi connectivity index (χ2n) is 6.92. The van der Waals surface area contributed by atoms with Gasteiger partial charge in [0.05, 0.1) is 20.3 Å². The molecule has 2 aromatic carbocycles. The van der Waals surface area contributed by atoms with E-state index in [0.29, 0.717) is 10.6 Å². The molecule has 1 aromatic heterocycles. The van der Waals surface area contributed by atoms with Crippen molar-refractivity contribution in [3.8, 4) is 16.2 Å². The second kappa shape index (κ2) is 9.22. The van der Waals surface area contributed by atoms with E-state index in [-0.39, 0.29) is 5.91 Å². The van der Waals surface area contributed by atoms with Crippen LogP contribution < -0.4 is 10.1 Å². The molecule has 0 atom stereocenters. The van der Waals surface area contributed by atoms with E-state index in [4.69, 9.17) is 9.47 Å². The largest absolute Gasteiger partial charge is 0.495 e. The number of amides is 1. The van der Waals surface area contributed by atoms with Crippen molar-refractivity contribution in [1.29, 1.82) is 0 Å². The topological polar surface area (TPSA) is 50.8 Å². The van der Waals surface area contributed by atoms with Crippen LogP contribution in [0.1, 0.15) is 15.2 Å². The Bertz CT molecular complexity index is 965. The van der Waals surface area contributed by atoms with Gasteiger partial charge in [-0.3, -0.25) is 9.69 Å². The van der Waals surface area contributed by atoms with Gasteiger partial charge in [0, 0.05) is 30.2 Å². The predicted octanol–water partition coefficient (Wildman–Crippen LogP) is 4.51. The quantitative estimate of drug-likeness (QED) is 0.652. The van der Waals surface area contributed by atoms with E-state index in [9.17, 15) is 4.79 Å². The molecular formula is C23H24N2O3S. The van der Waals surface area contributed by atoms with Crippen molar-refractivity contribution < 1.29 is 14.3 Å². The molecule has 0 aliphatic carbocycles. The Labute approximate surface area is 174 Å². The van der Waals surface area contributed by atoms with E-state index < -0.39 is 0 Å². The van der Waals surface area contributed by atoms with Gasteiger partial charge in [-0.2, -0.15) is 0 Å². The lowest BCUT2D eigenvalue weighted by molar-refractivity contribution is 0.0342. The summed E-state index contributed by atoms with van der Waals surface area (Å²) < 4.78 is 10.9. The third-order valence-corrected chi connectivity index (χ3v) is 6.04. The van der Waals surface area contributed by atoms with E-state index in [0.717, 1.165) is 49.0 Å². The van der Waals surface area contributed by atoms with Gasteiger partial charge in [-0.25, -0.2) is 0 Å². The number of hydrogen-bond acceptors (Lipinski definition) is 5. The maximum Gasteiger partial charge on any atom is 0.269 e. The molecule has 1 amide bonds. The standard InChI is InChI=1S/C23H24N2O3S/c1-27-20-15-21(18-7-3-2-4-8-18)29-22(20)23(26)24-19-9-5-6-17(14-19)16-25-10-12-28-13-11-25/h2-9,14-15H,10-13,16H2,1H3,(H,24,26). The van der Waals surface area contributed by atoms with Crippen LogP contribution in [0.15, 0.2) is 60.7 Å². The molecule has 1 fully saturated rings. The number of carbonyl (C=O) groups excluding carboxylic acids is 1. The Kier molecular flexibility index (Phi) is 6.24. The number of benzene rings is 2. The van der Waals surface area contributed by atoms with Crippen molar-refractivity contribution in [3.63, 3.8) is 0 Å². The van der Waals surface area contributed by atoms with Gasteiger partial charge in [0.25, 0.3) is 5.91 Å². The van der Waals surface area contributed by atoms with E-state index in [1.807, 2.05) is 54.6 Å². The van der Waals surface area contributed by atoms with Crippen molar-refractivity contribution in [2.24, 2.45) is 0 Å². The van der Waals surface area contributed by atoms with Crippen molar-refractivity contribution in [1.82, 2.24) is 4.90 Å². The molecule has 6 heteroatoms. The fraction of sp³-hybridized carbons (Fsp3) is 0.261. The van der Waals surface area contributed by atoms with E-state index in [1.54, 1.807) is 7.11 Å². The van der Waals surface area contributed by atoms with E-state index in [2.05, 4.69) is 16.3 Å². The molecule has 29 heavy (non-hydrogen) atoms. The summed E-state index contributed by atoms with van der Waals surface area (Å²) in [4.78, 5) is 16.9. The molecule has 4 rings (SSSR count). The lowest BCUT2D eigenvalue weighted by atomic mass is 10.1. The Balaban J connectivity index is 1.49. The van der Waals surface area contributed by atoms with Crippen molar-refractivity contribution in [2.75, 3.05) is 38.7 Å². The van der Waals surface area contributed by atoms with Gasteiger partial charge in [0.15, 0.2) is 0 Å². The maximum absolute atomic E-state index is 12.9. The summed E-state index contributed by atoms with van der Waals surface area (Å²) in [5.41, 5.74) is 3.03. The summed E-state index contributed by atoms with van der Waals surface area (Å²) in [5, 5.41) is 3.02. The first-order chi connectivity index (χ1) is 14.2. The number of anilines is 1. The molecule has 5 nitrogen and oxygen atoms in total. The maximum atomic E-state index is 12.9. The SMILES string of the molecule is COc1cc(-c2ccccc2)sc1C(=O)Nc1cccc(CN2CCOCC2)c1. The van der Waals surface area contributed by atoms with Crippen LogP contribution in [-0.2, 0) is 11.3 Å². The number of methoxy groups -OCH3 is 1. The molecule has 1 aliphatic heterocycles. The number of rotatable bonds is 6. The fourth-order valence-electron chi connectivity index (χ4n) is 3.38. The Morgan fingerprint density at radius 2 is 1.90 bits per heavy atom. The molecule has 1 saturated heterocycles. The summed E-state index contributed by atoms with van der Waals surface area (Å²) in [7, 11) is 1.59. The normalized spacial score (nSPS) is 14.5. The van der Waals surface area contributed by atoms with Crippen molar-refractivity contribution in [2.45, 2.75) is 6.54 Å². The Morgan fingerprint density at radius 3 is 2.66 bits per heavy atom. The Morgan fingerprint density at radius 1 is 1.10 bits per heavy atom. The number of nitrogens with one attached hydrogen (secondary N) is 1. The van der Waals surface area contributed by atoms with Crippen molar-refractivity contribution in [3.05, 3.63) is 71.1 Å². The molecule has 1 N–H and O–H groups in total. The van der Waals surface area contributed by atoms with Gasteiger partial charge in [-0.05, 0) is 29.3 Å². The zero-order valence-corrected chi connectivity index (χ0v) is 17.2. The van der Waals surface area contributed by atoms with Gasteiger partial charge >= 0.3 is 0 Å². The first-order valence-electron chi connectivity index (χ1n) is 9.66. The number of thiophene rings is 1. The summed E-state index contributed by atoms with van der Waals surface area (Å²) >= 11 is 1.44. The minimum absolute atomic E-state index is 0.155. The van der Waals surface area contributed by atoms with Crippen LogP contribution in [0.4, 0.5) is 5.69 Å². The molecule has 1 aliphatic rings. The van der Waals surface area contributed by atoms with Crippen molar-refractivity contribution >= 4 is 22.9 Å². The van der Waals surface area contributed by atoms with Crippen LogP contribution >= 0.6 is 11.3 Å². The smallest absolute Gasteiger partial charge is 0.269 e. The van der Waals surface area contributed by atoms with Gasteiger partial charge in [0.1, 0.15) is 10.6 Å². The zero-order chi connectivity index (χ0) is 20.1. The molecule has 0 bridgehead atoms. The van der Waals surface area contributed by atoms with Crippen LogP contribution in [0.2, 0.25) is 0 Å². The molecule has 3 aromatic rings. The lowest BCUT2D eigenvalue weighted by Crippen LogP contribution is -2.35. The zero-order valence-electron chi connectivity index (χ0n) is 16.4. The van der Waals surface area contributed by atoms with Gasteiger partial charge in [-0.15, -0.1) is 11.3 Å². The molecule has 0 saturated carbocycles. The van der Waals surface area contributed by atoms with Crippen LogP contribution in [0.3, 0.4) is 0 Å². The van der Waals surface area contributed by atoms with Gasteiger partial charge < -0.3 is 14.8 Å². The summed E-state index contributed by atoms with van der Waals surface area (Å²) in [6.45, 7) is 4.28. The average molecular weight is 409 g/mol. The number of hydrogen-bond donors (Lipinski definition) is 1. The third-order valence-electron chi connectivity index (χ3n) is 4.88. The monoisotopic (exact) mass is 408 g/mol. The molecular weight excluding hydrogens is 384 g/mol. The summed E-state index contributed by atoms with van der Waals surface area (Å²) in [5.74, 6) is 0.438. The molecule has 0 spiro atoms. The first-order valence-corrected chi connectivity index (χ1v) is 10.5. The average Bonchev–Trinajstić information content (AvgIpc) is 3.20. The van der Waals surface area contributed by atoms with Crippen LogP contribution in [0.25, 0.3) is 10.4 Å². The van der Waals surface area contributed by atoms with E-state index >= 15 is 0 Å². The number of carbonyl (C=O) groups is 1. The fourth-order valence-corrected chi connectivity index (χ4v) is 4.41. The highest BCUT2D eigenvalue weighted by atomic mass is 32.1. The first kappa shape index (κ1) is 19.6. The minimum atomic E-state index is -0.155. The number of nitrogens with zero attached hydrogens (tertiary/aromatic N) is 1. The minimum Gasteiger partial charge on any atom is -0.495 e. The highest BCUT2D eigenvalue weighted by Gasteiger charge is 2.18. The second-order valence-corrected chi connectivity index (χ2v) is 7.97. The van der Waals surface area contributed by atoms with Gasteiger partial charge in [0.2, 0.25) is 0 Å². The summed E-state index contributed by atoms with van der Waals surface area (Å²) in [6.07, 6.45) is 0. The molecule has 150 valence electrons. The van der Waals surface area contributed by atoms with Crippen LogP contribution in [-0.4, -0.2) is 44.2 Å². The lowest BCUT2D eigenvalue weighted by Gasteiger charge is -2.26.